The van der Waals surface area contributed by atoms with Crippen molar-refractivity contribution in [2.45, 2.75) is 24.4 Å². The van der Waals surface area contributed by atoms with Gasteiger partial charge in [-0.3, -0.25) is 13.9 Å². The fraction of sp³-hybridized carbons (Fsp3) is 0.310. The summed E-state index contributed by atoms with van der Waals surface area (Å²) in [5.41, 5.74) is 0.736. The molecule has 0 aromatic heterocycles. The average molecular weight is 620 g/mol. The molecule has 11 nitrogen and oxygen atoms in total. The van der Waals surface area contributed by atoms with E-state index in [0.29, 0.717) is 17.1 Å². The molecule has 1 atom stereocenters. The fourth-order valence-electron chi connectivity index (χ4n) is 4.19. The third-order valence-corrected chi connectivity index (χ3v) is 8.55. The summed E-state index contributed by atoms with van der Waals surface area (Å²) in [6.45, 7) is 0.909. The Morgan fingerprint density at radius 3 is 2.05 bits per heavy atom. The second kappa shape index (κ2) is 14.1. The second-order valence-corrected chi connectivity index (χ2v) is 11.3. The zero-order valence-corrected chi connectivity index (χ0v) is 25.8. The molecule has 3 aromatic carbocycles. The number of carbonyl (C=O) groups excluding carboxylic acids is 2. The number of methoxy groups -OCH3 is 4. The van der Waals surface area contributed by atoms with Crippen LogP contribution in [0.4, 0.5) is 5.69 Å². The summed E-state index contributed by atoms with van der Waals surface area (Å²) in [7, 11) is 2.75. The molecule has 0 unspecified atom stereocenters. The normalized spacial score (nSPS) is 11.7. The van der Waals surface area contributed by atoms with Crippen LogP contribution in [-0.4, -0.2) is 73.2 Å². The van der Waals surface area contributed by atoms with Gasteiger partial charge in [-0.1, -0.05) is 23.7 Å². The summed E-state index contributed by atoms with van der Waals surface area (Å²) in [6, 6.07) is 14.6. The first-order chi connectivity index (χ1) is 20.0. The molecule has 3 aromatic rings. The van der Waals surface area contributed by atoms with Gasteiger partial charge in [0.25, 0.3) is 10.0 Å². The van der Waals surface area contributed by atoms with Gasteiger partial charge in [0, 0.05) is 24.7 Å². The summed E-state index contributed by atoms with van der Waals surface area (Å²) >= 11 is 6.27. The molecule has 0 heterocycles. The number of ether oxygens (including phenoxy) is 4. The number of likely N-dealkylation sites (N-methyl/N-ethyl adjacent to an activating group) is 1. The molecule has 0 saturated heterocycles. The minimum atomic E-state index is -4.43. The minimum absolute atomic E-state index is 0.0222. The van der Waals surface area contributed by atoms with Gasteiger partial charge in [-0.25, -0.2) is 8.42 Å². The first-order valence-corrected chi connectivity index (χ1v) is 14.5. The molecule has 0 aliphatic heterocycles. The van der Waals surface area contributed by atoms with E-state index in [4.69, 9.17) is 30.5 Å². The molecule has 0 fully saturated rings. The third kappa shape index (κ3) is 7.18. The first-order valence-electron chi connectivity index (χ1n) is 12.7. The van der Waals surface area contributed by atoms with Gasteiger partial charge >= 0.3 is 0 Å². The number of hydrogen-bond acceptors (Lipinski definition) is 8. The van der Waals surface area contributed by atoms with Crippen LogP contribution in [0.15, 0.2) is 65.6 Å². The molecule has 1 N–H and O–H groups in total. The van der Waals surface area contributed by atoms with E-state index in [1.807, 2.05) is 0 Å². The Hall–Kier alpha value is -4.16. The van der Waals surface area contributed by atoms with Gasteiger partial charge in [-0.05, 0) is 55.0 Å². The van der Waals surface area contributed by atoms with Crippen molar-refractivity contribution in [1.29, 1.82) is 0 Å². The number of sulfonamides is 1. The quantitative estimate of drug-likeness (QED) is 0.307. The van der Waals surface area contributed by atoms with Crippen LogP contribution in [0.5, 0.6) is 23.0 Å². The summed E-state index contributed by atoms with van der Waals surface area (Å²) < 4.78 is 50.5. The predicted molar refractivity (Wildman–Crippen MR) is 159 cm³/mol. The number of nitrogens with zero attached hydrogens (tertiary/aromatic N) is 2. The average Bonchev–Trinajstić information content (AvgIpc) is 3.01. The van der Waals surface area contributed by atoms with E-state index in [0.717, 1.165) is 4.31 Å². The summed E-state index contributed by atoms with van der Waals surface area (Å²) in [4.78, 5) is 27.8. The van der Waals surface area contributed by atoms with Crippen molar-refractivity contribution in [3.63, 3.8) is 0 Å². The number of amides is 2. The van der Waals surface area contributed by atoms with Crippen LogP contribution in [0, 0.1) is 0 Å². The maximum atomic E-state index is 14.2. The summed E-state index contributed by atoms with van der Waals surface area (Å²) in [6.07, 6.45) is 0. The highest BCUT2D eigenvalue weighted by Gasteiger charge is 2.34. The zero-order valence-electron chi connectivity index (χ0n) is 24.2. The Morgan fingerprint density at radius 1 is 0.857 bits per heavy atom. The monoisotopic (exact) mass is 619 g/mol. The van der Waals surface area contributed by atoms with Gasteiger partial charge in [-0.15, -0.1) is 0 Å². The van der Waals surface area contributed by atoms with E-state index < -0.39 is 34.4 Å². The summed E-state index contributed by atoms with van der Waals surface area (Å²) in [5, 5.41) is 2.77. The van der Waals surface area contributed by atoms with Gasteiger partial charge in [0.2, 0.25) is 11.8 Å². The number of carbonyl (C=O) groups is 2. The number of anilines is 1. The van der Waals surface area contributed by atoms with Crippen LogP contribution >= 0.6 is 11.6 Å². The van der Waals surface area contributed by atoms with Crippen LogP contribution < -0.4 is 28.6 Å². The van der Waals surface area contributed by atoms with E-state index in [2.05, 4.69) is 5.32 Å². The van der Waals surface area contributed by atoms with Gasteiger partial charge in [-0.2, -0.15) is 0 Å². The Kier molecular flexibility index (Phi) is 10.9. The number of hydrogen-bond donors (Lipinski definition) is 1. The highest BCUT2D eigenvalue weighted by atomic mass is 35.5. The van der Waals surface area contributed by atoms with E-state index in [1.165, 1.54) is 76.8 Å². The van der Waals surface area contributed by atoms with E-state index in [-0.39, 0.29) is 33.6 Å². The van der Waals surface area contributed by atoms with Crippen LogP contribution in [0.3, 0.4) is 0 Å². The number of halogens is 1. The maximum absolute atomic E-state index is 14.2. The highest BCUT2D eigenvalue weighted by Crippen LogP contribution is 2.37. The Labute approximate surface area is 250 Å². The molecule has 0 bridgehead atoms. The molecule has 0 spiro atoms. The topological polar surface area (TPSA) is 124 Å². The lowest BCUT2D eigenvalue weighted by molar-refractivity contribution is -0.139. The lowest BCUT2D eigenvalue weighted by Gasteiger charge is -2.32. The van der Waals surface area contributed by atoms with Crippen molar-refractivity contribution in [3.8, 4) is 23.0 Å². The van der Waals surface area contributed by atoms with Crippen molar-refractivity contribution in [2.24, 2.45) is 0 Å². The van der Waals surface area contributed by atoms with Crippen molar-refractivity contribution in [1.82, 2.24) is 10.2 Å². The van der Waals surface area contributed by atoms with Crippen LogP contribution in [-0.2, 0) is 26.2 Å². The van der Waals surface area contributed by atoms with Gasteiger partial charge < -0.3 is 29.2 Å². The Balaban J connectivity index is 2.13. The number of benzene rings is 3. The van der Waals surface area contributed by atoms with Gasteiger partial charge in [0.15, 0.2) is 11.5 Å². The highest BCUT2D eigenvalue weighted by molar-refractivity contribution is 7.92. The van der Waals surface area contributed by atoms with Crippen LogP contribution in [0.2, 0.25) is 5.02 Å². The van der Waals surface area contributed by atoms with Crippen LogP contribution in [0.25, 0.3) is 0 Å². The lowest BCUT2D eigenvalue weighted by Crippen LogP contribution is -2.50. The molecule has 0 saturated carbocycles. The third-order valence-electron chi connectivity index (χ3n) is 6.56. The molecule has 2 amide bonds. The van der Waals surface area contributed by atoms with E-state index in [1.54, 1.807) is 31.2 Å². The zero-order chi connectivity index (χ0) is 31.0. The minimum Gasteiger partial charge on any atom is -0.497 e. The number of nitrogens with one attached hydrogen (secondary N) is 1. The fourth-order valence-corrected chi connectivity index (χ4v) is 5.79. The maximum Gasteiger partial charge on any atom is 0.265 e. The Bertz CT molecular complexity index is 1520. The van der Waals surface area contributed by atoms with E-state index >= 15 is 0 Å². The van der Waals surface area contributed by atoms with Gasteiger partial charge in [0.1, 0.15) is 24.1 Å². The lowest BCUT2D eigenvalue weighted by atomic mass is 10.1. The SMILES string of the molecule is CNC(=O)[C@H](C)N(Cc1ccc(OC)cc1)C(=O)CN(c1cc(Cl)ccc1OC)S(=O)(=O)c1ccc(OC)c(OC)c1. The standard InChI is InChI=1S/C29H34ClN3O8S/c1-19(29(35)31-2)32(17-20-7-10-22(38-3)11-8-20)28(34)18-33(24-15-21(30)9-13-25(24)39-4)42(36,37)23-12-14-26(40-5)27(16-23)41-6/h7-16,19H,17-18H2,1-6H3,(H,31,35)/t19-/m0/s1. The molecule has 0 aliphatic rings. The smallest absolute Gasteiger partial charge is 0.265 e. The molecular weight excluding hydrogens is 586 g/mol. The van der Waals surface area contributed by atoms with Gasteiger partial charge in [0.05, 0.1) is 39.0 Å². The molecule has 3 rings (SSSR count). The van der Waals surface area contributed by atoms with Crippen LogP contribution in [0.1, 0.15) is 12.5 Å². The largest absolute Gasteiger partial charge is 0.497 e. The molecule has 42 heavy (non-hydrogen) atoms. The van der Waals surface area contributed by atoms with Crippen molar-refractivity contribution < 1.29 is 37.0 Å². The molecule has 226 valence electrons. The molecule has 0 radical (unpaired) electrons. The summed E-state index contributed by atoms with van der Waals surface area (Å²) in [5.74, 6) is 0.217. The molecular formula is C29H34ClN3O8S. The second-order valence-electron chi connectivity index (χ2n) is 9.00. The predicted octanol–water partition coefficient (Wildman–Crippen LogP) is 3.73. The molecule has 13 heteroatoms. The van der Waals surface area contributed by atoms with Crippen molar-refractivity contribution in [3.05, 3.63) is 71.2 Å². The molecule has 0 aliphatic carbocycles. The number of rotatable bonds is 13. The first kappa shape index (κ1) is 32.4. The van der Waals surface area contributed by atoms with Crippen molar-refractivity contribution >= 4 is 39.1 Å². The Morgan fingerprint density at radius 2 is 1.48 bits per heavy atom. The van der Waals surface area contributed by atoms with E-state index in [9.17, 15) is 18.0 Å². The van der Waals surface area contributed by atoms with Crippen molar-refractivity contribution in [2.75, 3.05) is 46.3 Å².